The Morgan fingerprint density at radius 1 is 0.864 bits per heavy atom. The van der Waals surface area contributed by atoms with Gasteiger partial charge in [0.2, 0.25) is 0 Å². The van der Waals surface area contributed by atoms with Crippen molar-refractivity contribution in [2.75, 3.05) is 0 Å². The van der Waals surface area contributed by atoms with E-state index >= 15 is 0 Å². The van der Waals surface area contributed by atoms with Crippen LogP contribution in [0.4, 0.5) is 13.2 Å². The van der Waals surface area contributed by atoms with E-state index < -0.39 is 17.5 Å². The van der Waals surface area contributed by atoms with Crippen LogP contribution in [0.1, 0.15) is 0 Å². The normalized spacial score (nSPS) is 11.4. The van der Waals surface area contributed by atoms with E-state index in [1.54, 1.807) is 6.20 Å². The van der Waals surface area contributed by atoms with Gasteiger partial charge in [-0.2, -0.15) is 0 Å². The first-order valence-corrected chi connectivity index (χ1v) is 6.65. The Morgan fingerprint density at radius 2 is 1.59 bits per heavy atom. The lowest BCUT2D eigenvalue weighted by Crippen LogP contribution is -1.93. The highest BCUT2D eigenvalue weighted by atomic mass is 19.2. The minimum absolute atomic E-state index is 0.188. The molecule has 4 rings (SSSR count). The van der Waals surface area contributed by atoms with Crippen molar-refractivity contribution in [1.29, 1.82) is 0 Å². The number of benzene rings is 2. The van der Waals surface area contributed by atoms with Crippen molar-refractivity contribution < 1.29 is 13.2 Å². The average Bonchev–Trinajstić information content (AvgIpc) is 2.90. The van der Waals surface area contributed by atoms with Gasteiger partial charge in [0, 0.05) is 28.0 Å². The summed E-state index contributed by atoms with van der Waals surface area (Å²) in [5.41, 5.74) is 2.13. The first-order chi connectivity index (χ1) is 10.6. The fraction of sp³-hybridized carbons (Fsp3) is 0. The van der Waals surface area contributed by atoms with Crippen LogP contribution in [0.5, 0.6) is 0 Å². The number of hydrogen-bond acceptors (Lipinski definition) is 1. The van der Waals surface area contributed by atoms with Gasteiger partial charge in [0.05, 0.1) is 11.2 Å². The van der Waals surface area contributed by atoms with Gasteiger partial charge in [-0.1, -0.05) is 18.2 Å². The van der Waals surface area contributed by atoms with Gasteiger partial charge in [-0.3, -0.25) is 4.98 Å². The van der Waals surface area contributed by atoms with Gasteiger partial charge in [-0.25, -0.2) is 13.2 Å². The fourth-order valence-electron chi connectivity index (χ4n) is 2.69. The molecule has 0 unspecified atom stereocenters. The van der Waals surface area contributed by atoms with E-state index in [4.69, 9.17) is 0 Å². The third-order valence-corrected chi connectivity index (χ3v) is 3.69. The predicted octanol–water partition coefficient (Wildman–Crippen LogP) is 4.80. The summed E-state index contributed by atoms with van der Waals surface area (Å²) in [5, 5.41) is 1.88. The number of para-hydroxylation sites is 1. The van der Waals surface area contributed by atoms with Crippen LogP contribution in [-0.4, -0.2) is 9.97 Å². The van der Waals surface area contributed by atoms with Crippen LogP contribution in [0.3, 0.4) is 0 Å². The van der Waals surface area contributed by atoms with Gasteiger partial charge in [0.25, 0.3) is 0 Å². The largest absolute Gasteiger partial charge is 0.353 e. The van der Waals surface area contributed by atoms with Crippen molar-refractivity contribution in [2.24, 2.45) is 0 Å². The van der Waals surface area contributed by atoms with Crippen LogP contribution in [0, 0.1) is 17.5 Å². The molecule has 0 aliphatic carbocycles. The lowest BCUT2D eigenvalue weighted by Gasteiger charge is -2.04. The van der Waals surface area contributed by atoms with E-state index in [-0.39, 0.29) is 5.56 Å². The zero-order chi connectivity index (χ0) is 15.3. The quantitative estimate of drug-likeness (QED) is 0.502. The van der Waals surface area contributed by atoms with E-state index in [9.17, 15) is 13.2 Å². The zero-order valence-corrected chi connectivity index (χ0v) is 11.2. The van der Waals surface area contributed by atoms with Gasteiger partial charge in [-0.15, -0.1) is 0 Å². The van der Waals surface area contributed by atoms with E-state index in [0.717, 1.165) is 28.4 Å². The van der Waals surface area contributed by atoms with Crippen LogP contribution in [0.2, 0.25) is 0 Å². The summed E-state index contributed by atoms with van der Waals surface area (Å²) in [6.07, 6.45) is 1.57. The summed E-state index contributed by atoms with van der Waals surface area (Å²) in [4.78, 5) is 7.39. The number of rotatable bonds is 1. The molecule has 0 radical (unpaired) electrons. The molecule has 1 N–H and O–H groups in total. The molecule has 2 heterocycles. The molecule has 0 amide bonds. The number of fused-ring (bicyclic) bond motifs is 3. The maximum atomic E-state index is 13.5. The second-order valence-corrected chi connectivity index (χ2v) is 5.01. The molecule has 0 fully saturated rings. The third kappa shape index (κ3) is 1.79. The molecule has 0 saturated carbocycles. The molecular formula is C17H9F3N2. The topological polar surface area (TPSA) is 28.7 Å². The van der Waals surface area contributed by atoms with Crippen LogP contribution in [-0.2, 0) is 0 Å². The first kappa shape index (κ1) is 12.9. The highest BCUT2D eigenvalue weighted by Crippen LogP contribution is 2.32. The van der Waals surface area contributed by atoms with E-state index in [2.05, 4.69) is 9.97 Å². The van der Waals surface area contributed by atoms with Gasteiger partial charge in [0.15, 0.2) is 17.5 Å². The molecule has 0 bridgehead atoms. The number of halogens is 3. The SMILES string of the molecule is Fc1cc(-c2nccc3c2[nH]c2ccccc23)cc(F)c1F. The molecule has 2 aromatic carbocycles. The van der Waals surface area contributed by atoms with Crippen molar-refractivity contribution in [3.05, 3.63) is 66.1 Å². The fourth-order valence-corrected chi connectivity index (χ4v) is 2.69. The number of aromatic amines is 1. The van der Waals surface area contributed by atoms with Gasteiger partial charge in [-0.05, 0) is 24.3 Å². The molecule has 0 aliphatic rings. The second kappa shape index (κ2) is 4.59. The van der Waals surface area contributed by atoms with Crippen LogP contribution in [0.25, 0.3) is 33.1 Å². The smallest absolute Gasteiger partial charge is 0.194 e. The number of hydrogen-bond donors (Lipinski definition) is 1. The summed E-state index contributed by atoms with van der Waals surface area (Å²) in [6, 6.07) is 11.4. The molecule has 2 nitrogen and oxygen atoms in total. The van der Waals surface area contributed by atoms with Crippen LogP contribution in [0.15, 0.2) is 48.7 Å². The van der Waals surface area contributed by atoms with Crippen LogP contribution < -0.4 is 0 Å². The average molecular weight is 298 g/mol. The highest BCUT2D eigenvalue weighted by Gasteiger charge is 2.15. The minimum atomic E-state index is -1.48. The van der Waals surface area contributed by atoms with Crippen molar-refractivity contribution in [2.45, 2.75) is 0 Å². The molecule has 4 aromatic rings. The monoisotopic (exact) mass is 298 g/mol. The maximum absolute atomic E-state index is 13.5. The van der Waals surface area contributed by atoms with Gasteiger partial charge >= 0.3 is 0 Å². The number of aromatic nitrogens is 2. The Labute approximate surface area is 123 Å². The molecule has 0 spiro atoms. The number of nitrogens with zero attached hydrogens (tertiary/aromatic N) is 1. The van der Waals surface area contributed by atoms with Gasteiger partial charge < -0.3 is 4.98 Å². The summed E-state index contributed by atoms with van der Waals surface area (Å²) in [7, 11) is 0. The van der Waals surface area contributed by atoms with Gasteiger partial charge in [0.1, 0.15) is 0 Å². The molecular weight excluding hydrogens is 289 g/mol. The van der Waals surface area contributed by atoms with E-state index in [1.165, 1.54) is 0 Å². The maximum Gasteiger partial charge on any atom is 0.194 e. The van der Waals surface area contributed by atoms with E-state index in [0.29, 0.717) is 11.2 Å². The molecule has 108 valence electrons. The lowest BCUT2D eigenvalue weighted by molar-refractivity contribution is 0.447. The standard InChI is InChI=1S/C17H9F3N2/c18-12-7-9(8-13(19)15(12)20)16-17-11(5-6-21-16)10-3-1-2-4-14(10)22-17/h1-8,22H. The minimum Gasteiger partial charge on any atom is -0.353 e. The highest BCUT2D eigenvalue weighted by molar-refractivity contribution is 6.10. The molecule has 0 aliphatic heterocycles. The van der Waals surface area contributed by atoms with E-state index in [1.807, 2.05) is 30.3 Å². The van der Waals surface area contributed by atoms with Crippen LogP contribution >= 0.6 is 0 Å². The Kier molecular flexibility index (Phi) is 2.69. The predicted molar refractivity (Wildman–Crippen MR) is 78.9 cm³/mol. The zero-order valence-electron chi connectivity index (χ0n) is 11.2. The second-order valence-electron chi connectivity index (χ2n) is 5.01. The Hall–Kier alpha value is -2.82. The van der Waals surface area contributed by atoms with Crippen molar-refractivity contribution in [1.82, 2.24) is 9.97 Å². The summed E-state index contributed by atoms with van der Waals surface area (Å²) in [6.45, 7) is 0. The molecule has 5 heteroatoms. The van der Waals surface area contributed by atoms with Crippen molar-refractivity contribution in [3.63, 3.8) is 0 Å². The molecule has 2 aromatic heterocycles. The Balaban J connectivity index is 2.07. The summed E-state index contributed by atoms with van der Waals surface area (Å²) in [5.74, 6) is -3.94. The third-order valence-electron chi connectivity index (χ3n) is 3.69. The molecule has 22 heavy (non-hydrogen) atoms. The van der Waals surface area contributed by atoms with Crippen molar-refractivity contribution >= 4 is 21.8 Å². The molecule has 0 saturated heterocycles. The Bertz CT molecular complexity index is 998. The number of H-pyrrole nitrogens is 1. The summed E-state index contributed by atoms with van der Waals surface area (Å²) < 4.78 is 40.1. The Morgan fingerprint density at radius 3 is 2.36 bits per heavy atom. The molecule has 0 atom stereocenters. The van der Waals surface area contributed by atoms with Crippen molar-refractivity contribution in [3.8, 4) is 11.3 Å². The first-order valence-electron chi connectivity index (χ1n) is 6.65. The number of pyridine rings is 1. The lowest BCUT2D eigenvalue weighted by atomic mass is 10.1. The summed E-state index contributed by atoms with van der Waals surface area (Å²) >= 11 is 0. The number of nitrogens with one attached hydrogen (secondary N) is 1.